The maximum atomic E-state index is 12.8. The Morgan fingerprint density at radius 3 is 2.27 bits per heavy atom. The number of carbonyl (C=O) groups excluding carboxylic acids is 1. The molecule has 0 saturated carbocycles. The van der Waals surface area contributed by atoms with Crippen molar-refractivity contribution in [3.05, 3.63) is 58.6 Å². The number of halogens is 1. The van der Waals surface area contributed by atoms with Gasteiger partial charge in [0, 0.05) is 10.6 Å². The van der Waals surface area contributed by atoms with E-state index in [1.165, 1.54) is 18.3 Å². The second-order valence-corrected chi connectivity index (χ2v) is 10.3. The summed E-state index contributed by atoms with van der Waals surface area (Å²) in [6.07, 6.45) is 1.08. The van der Waals surface area contributed by atoms with Gasteiger partial charge in [-0.15, -0.1) is 10.2 Å². The van der Waals surface area contributed by atoms with Crippen LogP contribution < -0.4 is 9.62 Å². The molecule has 0 saturated heterocycles. The van der Waals surface area contributed by atoms with E-state index in [0.29, 0.717) is 15.7 Å². The van der Waals surface area contributed by atoms with Crippen LogP contribution in [0, 0.1) is 13.8 Å². The van der Waals surface area contributed by atoms with Gasteiger partial charge >= 0.3 is 0 Å². The van der Waals surface area contributed by atoms with Crippen molar-refractivity contribution >= 4 is 49.7 Å². The lowest BCUT2D eigenvalue weighted by atomic mass is 10.1. The van der Waals surface area contributed by atoms with E-state index < -0.39 is 22.0 Å². The fourth-order valence-corrected chi connectivity index (χ4v) is 5.12. The third kappa shape index (κ3) is 5.16. The Balaban J connectivity index is 1.83. The number of hydrogen-bond acceptors (Lipinski definition) is 6. The standard InChI is InChI=1S/C20H21ClN4O3S2/c1-12-9-13(2)11-17(10-12)25(30(4,27)28)14(3)18(26)22-20-24-23-19(29-20)15-5-7-16(21)8-6-15/h5-11,14H,1-4H3,(H,22,24,26). The third-order valence-corrected chi connectivity index (χ3v) is 6.68. The minimum absolute atomic E-state index is 0.283. The highest BCUT2D eigenvalue weighted by Gasteiger charge is 2.30. The first-order chi connectivity index (χ1) is 14.0. The normalized spacial score (nSPS) is 12.4. The van der Waals surface area contributed by atoms with Gasteiger partial charge in [0.1, 0.15) is 11.0 Å². The van der Waals surface area contributed by atoms with E-state index >= 15 is 0 Å². The van der Waals surface area contributed by atoms with E-state index in [0.717, 1.165) is 27.3 Å². The molecule has 1 heterocycles. The summed E-state index contributed by atoms with van der Waals surface area (Å²) in [6.45, 7) is 5.29. The zero-order valence-electron chi connectivity index (χ0n) is 16.9. The number of aromatic nitrogens is 2. The van der Waals surface area contributed by atoms with Gasteiger partial charge < -0.3 is 0 Å². The number of nitrogens with one attached hydrogen (secondary N) is 1. The Morgan fingerprint density at radius 1 is 1.10 bits per heavy atom. The molecule has 0 spiro atoms. The predicted molar refractivity (Wildman–Crippen MR) is 122 cm³/mol. The van der Waals surface area contributed by atoms with Gasteiger partial charge in [-0.1, -0.05) is 41.1 Å². The highest BCUT2D eigenvalue weighted by molar-refractivity contribution is 7.92. The lowest BCUT2D eigenvalue weighted by Gasteiger charge is -2.28. The molecule has 1 N–H and O–H groups in total. The van der Waals surface area contributed by atoms with Crippen LogP contribution in [0.15, 0.2) is 42.5 Å². The van der Waals surface area contributed by atoms with Crippen LogP contribution in [0.1, 0.15) is 18.1 Å². The van der Waals surface area contributed by atoms with Gasteiger partial charge in [0.25, 0.3) is 0 Å². The summed E-state index contributed by atoms with van der Waals surface area (Å²) in [7, 11) is -3.70. The third-order valence-electron chi connectivity index (χ3n) is 4.30. The number of amides is 1. The van der Waals surface area contributed by atoms with Crippen LogP contribution in [0.2, 0.25) is 5.02 Å². The summed E-state index contributed by atoms with van der Waals surface area (Å²) in [5.41, 5.74) is 3.07. The molecule has 0 aliphatic rings. The van der Waals surface area contributed by atoms with E-state index in [2.05, 4.69) is 15.5 Å². The summed E-state index contributed by atoms with van der Waals surface area (Å²) >= 11 is 7.09. The van der Waals surface area contributed by atoms with E-state index in [1.807, 2.05) is 32.0 Å². The zero-order chi connectivity index (χ0) is 22.1. The van der Waals surface area contributed by atoms with Gasteiger partial charge in [-0.25, -0.2) is 8.42 Å². The number of aryl methyl sites for hydroxylation is 2. The Kier molecular flexibility index (Phi) is 6.44. The minimum atomic E-state index is -3.70. The molecule has 7 nitrogen and oxygen atoms in total. The predicted octanol–water partition coefficient (Wildman–Crippen LogP) is 4.27. The van der Waals surface area contributed by atoms with E-state index in [9.17, 15) is 13.2 Å². The second kappa shape index (κ2) is 8.71. The van der Waals surface area contributed by atoms with Gasteiger partial charge in [-0.3, -0.25) is 14.4 Å². The number of sulfonamides is 1. The average molecular weight is 465 g/mol. The van der Waals surface area contributed by atoms with E-state index in [4.69, 9.17) is 11.6 Å². The quantitative estimate of drug-likeness (QED) is 0.588. The maximum Gasteiger partial charge on any atom is 0.249 e. The molecule has 3 rings (SSSR count). The molecular formula is C20H21ClN4O3S2. The van der Waals surface area contributed by atoms with Crippen molar-refractivity contribution in [3.8, 4) is 10.6 Å². The largest absolute Gasteiger partial charge is 0.299 e. The number of anilines is 2. The molecule has 1 amide bonds. The summed E-state index contributed by atoms with van der Waals surface area (Å²) in [4.78, 5) is 12.8. The lowest BCUT2D eigenvalue weighted by Crippen LogP contribution is -2.45. The molecule has 0 fully saturated rings. The first-order valence-electron chi connectivity index (χ1n) is 9.02. The molecule has 10 heteroatoms. The van der Waals surface area contributed by atoms with Crippen LogP contribution in [-0.4, -0.2) is 36.8 Å². The average Bonchev–Trinajstić information content (AvgIpc) is 3.08. The van der Waals surface area contributed by atoms with Crippen molar-refractivity contribution < 1.29 is 13.2 Å². The molecule has 2 aromatic carbocycles. The number of rotatable bonds is 6. The molecule has 1 aromatic heterocycles. The zero-order valence-corrected chi connectivity index (χ0v) is 19.3. The topological polar surface area (TPSA) is 92.3 Å². The van der Waals surface area contributed by atoms with Crippen molar-refractivity contribution in [2.45, 2.75) is 26.8 Å². The molecule has 3 aromatic rings. The van der Waals surface area contributed by atoms with E-state index in [1.54, 1.807) is 24.3 Å². The second-order valence-electron chi connectivity index (χ2n) is 6.99. The summed E-state index contributed by atoms with van der Waals surface area (Å²) in [5.74, 6) is -0.501. The van der Waals surface area contributed by atoms with Crippen LogP contribution >= 0.6 is 22.9 Å². The highest BCUT2D eigenvalue weighted by Crippen LogP contribution is 2.28. The van der Waals surface area contributed by atoms with Crippen molar-refractivity contribution in [2.75, 3.05) is 15.9 Å². The summed E-state index contributed by atoms with van der Waals surface area (Å²) < 4.78 is 26.1. The molecule has 1 unspecified atom stereocenters. The Labute approximate surface area is 184 Å². The molecule has 0 aliphatic carbocycles. The fraction of sp³-hybridized carbons (Fsp3) is 0.250. The van der Waals surface area contributed by atoms with Crippen molar-refractivity contribution in [2.24, 2.45) is 0 Å². The molecule has 0 aliphatic heterocycles. The van der Waals surface area contributed by atoms with Gasteiger partial charge in [-0.2, -0.15) is 0 Å². The van der Waals surface area contributed by atoms with Crippen molar-refractivity contribution in [1.82, 2.24) is 10.2 Å². The first kappa shape index (κ1) is 22.2. The van der Waals surface area contributed by atoms with Crippen LogP contribution in [0.5, 0.6) is 0 Å². The minimum Gasteiger partial charge on any atom is -0.299 e. The SMILES string of the molecule is Cc1cc(C)cc(N(C(C)C(=O)Nc2nnc(-c3ccc(Cl)cc3)s2)S(C)(=O)=O)c1. The molecule has 0 radical (unpaired) electrons. The van der Waals surface area contributed by atoms with Gasteiger partial charge in [0.05, 0.1) is 11.9 Å². The molecule has 0 bridgehead atoms. The highest BCUT2D eigenvalue weighted by atomic mass is 35.5. The maximum absolute atomic E-state index is 12.8. The Bertz CT molecular complexity index is 1160. The summed E-state index contributed by atoms with van der Waals surface area (Å²) in [5, 5.41) is 12.3. The fourth-order valence-electron chi connectivity index (χ4n) is 3.08. The lowest BCUT2D eigenvalue weighted by molar-refractivity contribution is -0.116. The monoisotopic (exact) mass is 464 g/mol. The number of carbonyl (C=O) groups is 1. The van der Waals surface area contributed by atoms with Gasteiger partial charge in [0.15, 0.2) is 0 Å². The van der Waals surface area contributed by atoms with E-state index in [-0.39, 0.29) is 5.13 Å². The number of nitrogens with zero attached hydrogens (tertiary/aromatic N) is 3. The number of hydrogen-bond donors (Lipinski definition) is 1. The van der Waals surface area contributed by atoms with Crippen molar-refractivity contribution in [1.29, 1.82) is 0 Å². The molecular weight excluding hydrogens is 444 g/mol. The van der Waals surface area contributed by atoms with Gasteiger partial charge in [-0.05, 0) is 56.2 Å². The first-order valence-corrected chi connectivity index (χ1v) is 12.1. The Morgan fingerprint density at radius 2 is 1.70 bits per heavy atom. The molecule has 30 heavy (non-hydrogen) atoms. The van der Waals surface area contributed by atoms with Crippen molar-refractivity contribution in [3.63, 3.8) is 0 Å². The van der Waals surface area contributed by atoms with Crippen LogP contribution in [0.25, 0.3) is 10.6 Å². The molecule has 158 valence electrons. The summed E-state index contributed by atoms with van der Waals surface area (Å²) in [6, 6.07) is 11.5. The smallest absolute Gasteiger partial charge is 0.249 e. The van der Waals surface area contributed by atoms with Crippen LogP contribution in [0.4, 0.5) is 10.8 Å². The van der Waals surface area contributed by atoms with Crippen LogP contribution in [0.3, 0.4) is 0 Å². The van der Waals surface area contributed by atoms with Gasteiger partial charge in [0.2, 0.25) is 21.1 Å². The van der Waals surface area contributed by atoms with Crippen LogP contribution in [-0.2, 0) is 14.8 Å². The Hall–Kier alpha value is -2.49. The number of benzene rings is 2. The molecule has 1 atom stereocenters.